The summed E-state index contributed by atoms with van der Waals surface area (Å²) >= 11 is 1.99. The Labute approximate surface area is 128 Å². The molecule has 0 aromatic heterocycles. The number of nitrogens with zero attached hydrogens (tertiary/aromatic N) is 1. The minimum Gasteiger partial charge on any atom is -0.478 e. The van der Waals surface area contributed by atoms with E-state index < -0.39 is 27.1 Å². The molecule has 0 spiro atoms. The molecule has 3 N–H and O–H groups in total. The van der Waals surface area contributed by atoms with Crippen molar-refractivity contribution in [3.8, 4) is 0 Å². The molecule has 7 nitrogen and oxygen atoms in total. The van der Waals surface area contributed by atoms with E-state index in [0.717, 1.165) is 3.57 Å². The monoisotopic (exact) mass is 410 g/mol. The first-order valence-corrected chi connectivity index (χ1v) is 8.24. The molecule has 1 saturated heterocycles. The summed E-state index contributed by atoms with van der Waals surface area (Å²) in [7, 11) is -3.83. The predicted molar refractivity (Wildman–Crippen MR) is 80.0 cm³/mol. The van der Waals surface area contributed by atoms with Crippen molar-refractivity contribution in [3.05, 3.63) is 27.3 Å². The molecule has 20 heavy (non-hydrogen) atoms. The average Bonchev–Trinajstić information content (AvgIpc) is 2.70. The van der Waals surface area contributed by atoms with E-state index in [4.69, 9.17) is 10.2 Å². The summed E-state index contributed by atoms with van der Waals surface area (Å²) in [5.74, 6) is -1.63. The molecule has 0 aliphatic carbocycles. The molecule has 1 amide bonds. The second kappa shape index (κ2) is 5.30. The van der Waals surface area contributed by atoms with Gasteiger partial charge in [-0.2, -0.15) is 0 Å². The Morgan fingerprint density at radius 3 is 2.60 bits per heavy atom. The van der Waals surface area contributed by atoms with Crippen LogP contribution in [0, 0.1) is 3.57 Å². The number of primary sulfonamides is 1. The highest BCUT2D eigenvalue weighted by Gasteiger charge is 2.38. The van der Waals surface area contributed by atoms with Crippen LogP contribution >= 0.6 is 22.6 Å². The van der Waals surface area contributed by atoms with E-state index in [2.05, 4.69) is 0 Å². The number of benzene rings is 1. The van der Waals surface area contributed by atoms with Crippen molar-refractivity contribution in [3.63, 3.8) is 0 Å². The van der Waals surface area contributed by atoms with Gasteiger partial charge in [0, 0.05) is 16.5 Å². The summed E-state index contributed by atoms with van der Waals surface area (Å²) in [6.45, 7) is -0.127. The fourth-order valence-electron chi connectivity index (χ4n) is 2.04. The first-order chi connectivity index (χ1) is 9.20. The maximum atomic E-state index is 11.9. The molecule has 0 radical (unpaired) electrons. The van der Waals surface area contributed by atoms with Gasteiger partial charge in [0.1, 0.15) is 5.25 Å². The van der Waals surface area contributed by atoms with E-state index >= 15 is 0 Å². The highest BCUT2D eigenvalue weighted by atomic mass is 127. The topological polar surface area (TPSA) is 118 Å². The lowest BCUT2D eigenvalue weighted by atomic mass is 10.1. The quantitative estimate of drug-likeness (QED) is 0.699. The van der Waals surface area contributed by atoms with Gasteiger partial charge in [0.25, 0.3) is 0 Å². The molecule has 1 unspecified atom stereocenters. The van der Waals surface area contributed by atoms with Crippen LogP contribution in [0.4, 0.5) is 5.69 Å². The third-order valence-corrected chi connectivity index (χ3v) is 4.95. The zero-order valence-electron chi connectivity index (χ0n) is 10.1. The highest BCUT2D eigenvalue weighted by Crippen LogP contribution is 2.29. The van der Waals surface area contributed by atoms with Gasteiger partial charge in [-0.15, -0.1) is 0 Å². The van der Waals surface area contributed by atoms with E-state index in [9.17, 15) is 18.0 Å². The van der Waals surface area contributed by atoms with Crippen LogP contribution in [0.2, 0.25) is 0 Å². The first-order valence-electron chi connectivity index (χ1n) is 5.55. The van der Waals surface area contributed by atoms with Crippen LogP contribution in [0.3, 0.4) is 0 Å². The molecule has 1 fully saturated rings. The van der Waals surface area contributed by atoms with E-state index in [0.29, 0.717) is 0 Å². The molecular weight excluding hydrogens is 399 g/mol. The number of sulfonamides is 1. The van der Waals surface area contributed by atoms with Crippen LogP contribution in [-0.4, -0.2) is 37.2 Å². The summed E-state index contributed by atoms with van der Waals surface area (Å²) in [4.78, 5) is 24.3. The molecule has 0 saturated carbocycles. The van der Waals surface area contributed by atoms with Crippen molar-refractivity contribution < 1.29 is 23.1 Å². The van der Waals surface area contributed by atoms with Crippen LogP contribution in [0.25, 0.3) is 0 Å². The van der Waals surface area contributed by atoms with Gasteiger partial charge in [0.15, 0.2) is 0 Å². The number of halogens is 1. The van der Waals surface area contributed by atoms with Gasteiger partial charge in [-0.3, -0.25) is 4.79 Å². The highest BCUT2D eigenvalue weighted by molar-refractivity contribution is 14.1. The fourth-order valence-corrected chi connectivity index (χ4v) is 3.24. The fraction of sp³-hybridized carbons (Fsp3) is 0.273. The number of carboxylic acids is 1. The summed E-state index contributed by atoms with van der Waals surface area (Å²) in [6.07, 6.45) is -0.233. The van der Waals surface area contributed by atoms with Crippen LogP contribution in [0.15, 0.2) is 18.2 Å². The number of carbonyl (C=O) groups is 2. The van der Waals surface area contributed by atoms with Crippen molar-refractivity contribution in [2.24, 2.45) is 5.14 Å². The van der Waals surface area contributed by atoms with Gasteiger partial charge in [0.2, 0.25) is 15.9 Å². The van der Waals surface area contributed by atoms with Crippen LogP contribution < -0.4 is 10.0 Å². The number of aromatic carboxylic acids is 1. The van der Waals surface area contributed by atoms with Crippen molar-refractivity contribution in [2.75, 3.05) is 11.4 Å². The Hall–Kier alpha value is -1.20. The zero-order valence-corrected chi connectivity index (χ0v) is 13.1. The SMILES string of the molecule is NS(=O)(=O)C1CC(=O)N(c2cc(I)ccc2C(=O)O)C1. The van der Waals surface area contributed by atoms with Gasteiger partial charge in [-0.05, 0) is 40.8 Å². The number of carbonyl (C=O) groups excluding carboxylic acids is 1. The van der Waals surface area contributed by atoms with Crippen LogP contribution in [0.5, 0.6) is 0 Å². The standard InChI is InChI=1S/C11H11IN2O5S/c12-6-1-2-8(11(16)17)9(3-6)14-5-7(4-10(14)15)20(13,18)19/h1-3,7H,4-5H2,(H,16,17)(H2,13,18,19). The third kappa shape index (κ3) is 2.94. The molecule has 2 rings (SSSR count). The summed E-state index contributed by atoms with van der Waals surface area (Å²) in [5.41, 5.74) is 0.148. The van der Waals surface area contributed by atoms with Gasteiger partial charge in [-0.1, -0.05) is 0 Å². The molecule has 1 aliphatic heterocycles. The number of rotatable bonds is 3. The molecule has 1 aliphatic rings. The maximum absolute atomic E-state index is 11.9. The summed E-state index contributed by atoms with van der Waals surface area (Å²) in [5, 5.41) is 13.2. The largest absolute Gasteiger partial charge is 0.478 e. The number of nitrogens with two attached hydrogens (primary N) is 1. The molecular formula is C11H11IN2O5S. The van der Waals surface area contributed by atoms with E-state index in [1.807, 2.05) is 22.6 Å². The molecule has 1 heterocycles. The second-order valence-electron chi connectivity index (χ2n) is 4.39. The van der Waals surface area contributed by atoms with Crippen LogP contribution in [0.1, 0.15) is 16.8 Å². The van der Waals surface area contributed by atoms with Crippen molar-refractivity contribution in [2.45, 2.75) is 11.7 Å². The average molecular weight is 410 g/mol. The maximum Gasteiger partial charge on any atom is 0.337 e. The number of hydrogen-bond acceptors (Lipinski definition) is 4. The van der Waals surface area contributed by atoms with Gasteiger partial charge in [-0.25, -0.2) is 18.4 Å². The molecule has 1 atom stereocenters. The van der Waals surface area contributed by atoms with Crippen molar-refractivity contribution >= 4 is 50.2 Å². The molecule has 0 bridgehead atoms. The molecule has 1 aromatic rings. The van der Waals surface area contributed by atoms with E-state index in [-0.39, 0.29) is 24.2 Å². The van der Waals surface area contributed by atoms with E-state index in [1.54, 1.807) is 6.07 Å². The number of amides is 1. The lowest BCUT2D eigenvalue weighted by Gasteiger charge is -2.19. The lowest BCUT2D eigenvalue weighted by molar-refractivity contribution is -0.117. The zero-order chi connectivity index (χ0) is 15.1. The first kappa shape index (κ1) is 15.2. The smallest absolute Gasteiger partial charge is 0.337 e. The minimum atomic E-state index is -3.83. The Balaban J connectivity index is 2.45. The molecule has 108 valence electrons. The third-order valence-electron chi connectivity index (χ3n) is 3.04. The van der Waals surface area contributed by atoms with Gasteiger partial charge >= 0.3 is 5.97 Å². The molecule has 9 heteroatoms. The Morgan fingerprint density at radius 1 is 1.45 bits per heavy atom. The number of anilines is 1. The van der Waals surface area contributed by atoms with Crippen molar-refractivity contribution in [1.29, 1.82) is 0 Å². The minimum absolute atomic E-state index is 0.0474. The number of carboxylic acid groups (broad SMARTS) is 1. The van der Waals surface area contributed by atoms with E-state index in [1.165, 1.54) is 17.0 Å². The lowest BCUT2D eigenvalue weighted by Crippen LogP contribution is -2.32. The Kier molecular flexibility index (Phi) is 4.02. The summed E-state index contributed by atoms with van der Waals surface area (Å²) < 4.78 is 23.4. The predicted octanol–water partition coefficient (Wildman–Crippen LogP) is 0.383. The Bertz CT molecular complexity index is 688. The van der Waals surface area contributed by atoms with Gasteiger partial charge in [0.05, 0.1) is 11.3 Å². The number of hydrogen-bond donors (Lipinski definition) is 2. The molecule has 1 aromatic carbocycles. The Morgan fingerprint density at radius 2 is 2.10 bits per heavy atom. The second-order valence-corrected chi connectivity index (χ2v) is 7.48. The van der Waals surface area contributed by atoms with Crippen molar-refractivity contribution in [1.82, 2.24) is 0 Å². The normalized spacial score (nSPS) is 19.4. The van der Waals surface area contributed by atoms with Crippen LogP contribution in [-0.2, 0) is 14.8 Å². The summed E-state index contributed by atoms with van der Waals surface area (Å²) in [6, 6.07) is 4.52. The van der Waals surface area contributed by atoms with Gasteiger partial charge < -0.3 is 10.0 Å².